The minimum Gasteiger partial charge on any atom is -0.369 e. The van der Waals surface area contributed by atoms with E-state index in [9.17, 15) is 0 Å². The Morgan fingerprint density at radius 3 is 2.63 bits per heavy atom. The fourth-order valence-corrected chi connectivity index (χ4v) is 2.97. The molecule has 0 aliphatic rings. The number of aromatic nitrogens is 2. The zero-order chi connectivity index (χ0) is 14.0. The lowest BCUT2D eigenvalue weighted by Crippen LogP contribution is -2.07. The van der Waals surface area contributed by atoms with E-state index < -0.39 is 0 Å². The fourth-order valence-electron chi connectivity index (χ4n) is 1.64. The molecule has 1 N–H and O–H groups in total. The lowest BCUT2D eigenvalue weighted by atomic mass is 9.95. The van der Waals surface area contributed by atoms with E-state index in [0.29, 0.717) is 0 Å². The van der Waals surface area contributed by atoms with Crippen LogP contribution in [0.4, 0.5) is 5.82 Å². The van der Waals surface area contributed by atoms with Gasteiger partial charge in [0.2, 0.25) is 0 Å². The third-order valence-electron chi connectivity index (χ3n) is 2.65. The van der Waals surface area contributed by atoms with Gasteiger partial charge in [0.1, 0.15) is 5.82 Å². The summed E-state index contributed by atoms with van der Waals surface area (Å²) < 4.78 is 0.894. The second-order valence-corrected chi connectivity index (χ2v) is 7.27. The molecule has 0 amide bonds. The van der Waals surface area contributed by atoms with Crippen LogP contribution in [-0.2, 0) is 5.41 Å². The molecule has 0 radical (unpaired) electrons. The Morgan fingerprint density at radius 1 is 1.32 bits per heavy atom. The molecule has 0 atom stereocenters. The molecule has 0 spiro atoms. The highest BCUT2D eigenvalue weighted by molar-refractivity contribution is 9.10. The van der Waals surface area contributed by atoms with Crippen LogP contribution < -0.4 is 5.32 Å². The van der Waals surface area contributed by atoms with E-state index in [2.05, 4.69) is 71.0 Å². The molecule has 2 heterocycles. The van der Waals surface area contributed by atoms with E-state index in [1.54, 1.807) is 17.5 Å². The van der Waals surface area contributed by atoms with E-state index in [4.69, 9.17) is 0 Å². The number of hydrogen-bond acceptors (Lipinski definition) is 4. The van der Waals surface area contributed by atoms with E-state index in [-0.39, 0.29) is 5.41 Å². The predicted molar refractivity (Wildman–Crippen MR) is 85.9 cm³/mol. The molecule has 0 fully saturated rings. The molecule has 0 aliphatic heterocycles. The highest BCUT2D eigenvalue weighted by atomic mass is 79.9. The first-order valence-corrected chi connectivity index (χ1v) is 7.90. The molecule has 102 valence electrons. The van der Waals surface area contributed by atoms with E-state index in [1.807, 2.05) is 0 Å². The Bertz CT molecular complexity index is 572. The molecule has 0 aliphatic carbocycles. The number of rotatable bonds is 3. The summed E-state index contributed by atoms with van der Waals surface area (Å²) in [6.45, 7) is 9.54. The zero-order valence-corrected chi connectivity index (χ0v) is 14.0. The van der Waals surface area contributed by atoms with Crippen molar-refractivity contribution < 1.29 is 0 Å². The largest absolute Gasteiger partial charge is 0.369 e. The van der Waals surface area contributed by atoms with Crippen molar-refractivity contribution in [2.75, 3.05) is 11.9 Å². The Kier molecular flexibility index (Phi) is 4.26. The average molecular weight is 340 g/mol. The molecule has 19 heavy (non-hydrogen) atoms. The lowest BCUT2D eigenvalue weighted by Gasteiger charge is -2.15. The van der Waals surface area contributed by atoms with Crippen molar-refractivity contribution >= 4 is 33.1 Å². The topological polar surface area (TPSA) is 37.8 Å². The first kappa shape index (κ1) is 14.5. The maximum atomic E-state index is 4.57. The fraction of sp³-hybridized carbons (Fsp3) is 0.429. The number of hydrogen-bond donors (Lipinski definition) is 1. The van der Waals surface area contributed by atoms with Crippen LogP contribution in [0.25, 0.3) is 10.7 Å². The quantitative estimate of drug-likeness (QED) is 0.880. The summed E-state index contributed by atoms with van der Waals surface area (Å²) in [5, 5.41) is 3.23. The van der Waals surface area contributed by atoms with Gasteiger partial charge in [-0.25, -0.2) is 9.97 Å². The number of thiophene rings is 1. The van der Waals surface area contributed by atoms with Crippen molar-refractivity contribution in [1.29, 1.82) is 0 Å². The van der Waals surface area contributed by atoms with Crippen LogP contribution >= 0.6 is 27.3 Å². The van der Waals surface area contributed by atoms with Crippen LogP contribution in [0.1, 0.15) is 32.6 Å². The predicted octanol–water partition coefficient (Wildman–Crippen LogP) is 4.70. The van der Waals surface area contributed by atoms with Gasteiger partial charge < -0.3 is 5.32 Å². The smallest absolute Gasteiger partial charge is 0.171 e. The minimum atomic E-state index is 0.169. The van der Waals surface area contributed by atoms with Crippen molar-refractivity contribution in [3.05, 3.63) is 27.7 Å². The molecule has 2 rings (SSSR count). The summed E-state index contributed by atoms with van der Waals surface area (Å²) in [6, 6.07) is 4.27. The molecule has 0 bridgehead atoms. The van der Waals surface area contributed by atoms with Crippen molar-refractivity contribution in [3.63, 3.8) is 0 Å². The molecule has 2 aromatic rings. The number of nitrogens with zero attached hydrogens (tertiary/aromatic N) is 2. The standard InChI is InChI=1S/C14H18BrN3S/c1-5-16-12-9(15)8-17-13(18-12)10-6-7-11(19-10)14(2,3)4/h6-8H,5H2,1-4H3,(H,16,17,18). The van der Waals surface area contributed by atoms with Crippen molar-refractivity contribution in [2.45, 2.75) is 33.1 Å². The second kappa shape index (κ2) is 5.59. The highest BCUT2D eigenvalue weighted by Crippen LogP contribution is 2.34. The van der Waals surface area contributed by atoms with Gasteiger partial charge in [-0.1, -0.05) is 20.8 Å². The Morgan fingerprint density at radius 2 is 2.05 bits per heavy atom. The van der Waals surface area contributed by atoms with Gasteiger partial charge in [0.15, 0.2) is 5.82 Å². The summed E-state index contributed by atoms with van der Waals surface area (Å²) in [4.78, 5) is 11.4. The Labute approximate surface area is 126 Å². The monoisotopic (exact) mass is 339 g/mol. The molecule has 0 aromatic carbocycles. The Balaban J connectivity index is 2.36. The normalized spacial score (nSPS) is 11.6. The zero-order valence-electron chi connectivity index (χ0n) is 11.6. The SMILES string of the molecule is CCNc1nc(-c2ccc(C(C)(C)C)s2)ncc1Br. The van der Waals surface area contributed by atoms with E-state index >= 15 is 0 Å². The molecular formula is C14H18BrN3S. The van der Waals surface area contributed by atoms with Crippen LogP contribution in [-0.4, -0.2) is 16.5 Å². The molecule has 2 aromatic heterocycles. The van der Waals surface area contributed by atoms with Gasteiger partial charge in [-0.15, -0.1) is 11.3 Å². The number of nitrogens with one attached hydrogen (secondary N) is 1. The number of halogens is 1. The second-order valence-electron chi connectivity index (χ2n) is 5.33. The maximum Gasteiger partial charge on any atom is 0.171 e. The highest BCUT2D eigenvalue weighted by Gasteiger charge is 2.17. The van der Waals surface area contributed by atoms with Gasteiger partial charge in [0.25, 0.3) is 0 Å². The van der Waals surface area contributed by atoms with Gasteiger partial charge >= 0.3 is 0 Å². The van der Waals surface area contributed by atoms with Crippen molar-refractivity contribution in [3.8, 4) is 10.7 Å². The molecule has 0 saturated heterocycles. The maximum absolute atomic E-state index is 4.57. The average Bonchev–Trinajstić information content (AvgIpc) is 2.81. The van der Waals surface area contributed by atoms with Gasteiger partial charge in [0, 0.05) is 17.6 Å². The van der Waals surface area contributed by atoms with Crippen LogP contribution in [0.3, 0.4) is 0 Å². The summed E-state index contributed by atoms with van der Waals surface area (Å²) in [5.74, 6) is 1.62. The van der Waals surface area contributed by atoms with Crippen LogP contribution in [0.15, 0.2) is 22.8 Å². The minimum absolute atomic E-state index is 0.169. The van der Waals surface area contributed by atoms with Gasteiger partial charge in [-0.2, -0.15) is 0 Å². The van der Waals surface area contributed by atoms with Crippen LogP contribution in [0.5, 0.6) is 0 Å². The summed E-state index contributed by atoms with van der Waals surface area (Å²) in [7, 11) is 0. The first-order chi connectivity index (χ1) is 8.91. The molecule has 0 saturated carbocycles. The van der Waals surface area contributed by atoms with E-state index in [1.165, 1.54) is 4.88 Å². The van der Waals surface area contributed by atoms with Crippen LogP contribution in [0.2, 0.25) is 0 Å². The first-order valence-electron chi connectivity index (χ1n) is 6.29. The summed E-state index contributed by atoms with van der Waals surface area (Å²) in [5.41, 5.74) is 0.169. The third-order valence-corrected chi connectivity index (χ3v) is 4.74. The van der Waals surface area contributed by atoms with Gasteiger partial charge in [0.05, 0.1) is 9.35 Å². The number of anilines is 1. The van der Waals surface area contributed by atoms with E-state index in [0.717, 1.165) is 27.5 Å². The molecule has 0 unspecified atom stereocenters. The molecular weight excluding hydrogens is 322 g/mol. The Hall–Kier alpha value is -0.940. The summed E-state index contributed by atoms with van der Waals surface area (Å²) >= 11 is 5.21. The van der Waals surface area contributed by atoms with Crippen molar-refractivity contribution in [1.82, 2.24) is 9.97 Å². The lowest BCUT2D eigenvalue weighted by molar-refractivity contribution is 0.604. The molecule has 3 nitrogen and oxygen atoms in total. The summed E-state index contributed by atoms with van der Waals surface area (Å²) in [6.07, 6.45) is 1.80. The van der Waals surface area contributed by atoms with Gasteiger partial charge in [-0.05, 0) is 40.4 Å². The van der Waals surface area contributed by atoms with Gasteiger partial charge in [-0.3, -0.25) is 0 Å². The van der Waals surface area contributed by atoms with Crippen molar-refractivity contribution in [2.24, 2.45) is 0 Å². The van der Waals surface area contributed by atoms with Crippen LogP contribution in [0, 0.1) is 0 Å². The third kappa shape index (κ3) is 3.34. The molecule has 5 heteroatoms.